The zero-order chi connectivity index (χ0) is 16.2. The van der Waals surface area contributed by atoms with Gasteiger partial charge in [0.15, 0.2) is 0 Å². The number of piperidine rings is 1. The first-order valence-corrected chi connectivity index (χ1v) is 8.99. The molecule has 2 aliphatic rings. The molecule has 0 aromatic heterocycles. The number of hydrogen-bond donors (Lipinski definition) is 1. The van der Waals surface area contributed by atoms with E-state index in [9.17, 15) is 0 Å². The predicted octanol–water partition coefficient (Wildman–Crippen LogP) is 2.86. The van der Waals surface area contributed by atoms with Crippen molar-refractivity contribution in [3.63, 3.8) is 0 Å². The number of allylic oxidation sites excluding steroid dienone is 1. The molecule has 0 unspecified atom stereocenters. The minimum Gasteiger partial charge on any atom is -0.377 e. The smallest absolute Gasteiger partial charge is 0.0596 e. The Kier molecular flexibility index (Phi) is 13.7. The van der Waals surface area contributed by atoms with Crippen molar-refractivity contribution in [2.24, 2.45) is 5.92 Å². The van der Waals surface area contributed by atoms with E-state index in [1.54, 1.807) is 6.08 Å². The summed E-state index contributed by atoms with van der Waals surface area (Å²) < 4.78 is 5.63. The molecule has 0 atom stereocenters. The topological polar surface area (TPSA) is 27.7 Å². The molecule has 23 heavy (non-hydrogen) atoms. The molecule has 0 saturated carbocycles. The third-order valence-electron chi connectivity index (χ3n) is 4.30. The molecule has 0 aromatic carbocycles. The second-order valence-corrected chi connectivity index (χ2v) is 6.66. The summed E-state index contributed by atoms with van der Waals surface area (Å²) in [4.78, 5) is 5.21. The fraction of sp³-hybridized carbons (Fsp3) is 0.895. The summed E-state index contributed by atoms with van der Waals surface area (Å²) in [5.41, 5.74) is 0. The summed E-state index contributed by atoms with van der Waals surface area (Å²) in [6.45, 7) is 20.1. The number of rotatable bonds is 6. The van der Waals surface area contributed by atoms with E-state index >= 15 is 0 Å². The molecular weight excluding hydrogens is 286 g/mol. The SMILES string of the molecule is C.C=CC.CC(C)OCCN1CCN(CC2CCNCC2)CC1. The Labute approximate surface area is 145 Å². The summed E-state index contributed by atoms with van der Waals surface area (Å²) in [6.07, 6.45) is 4.84. The Morgan fingerprint density at radius 1 is 1.13 bits per heavy atom. The van der Waals surface area contributed by atoms with Crippen LogP contribution in [0.3, 0.4) is 0 Å². The van der Waals surface area contributed by atoms with Gasteiger partial charge in [-0.05, 0) is 52.6 Å². The molecule has 2 rings (SSSR count). The Bertz CT molecular complexity index is 270. The van der Waals surface area contributed by atoms with E-state index < -0.39 is 0 Å². The van der Waals surface area contributed by atoms with Crippen LogP contribution in [0.25, 0.3) is 0 Å². The lowest BCUT2D eigenvalue weighted by Gasteiger charge is -2.37. The Morgan fingerprint density at radius 2 is 1.65 bits per heavy atom. The van der Waals surface area contributed by atoms with Crippen LogP contribution in [0.15, 0.2) is 12.7 Å². The number of hydrogen-bond acceptors (Lipinski definition) is 4. The van der Waals surface area contributed by atoms with Crippen molar-refractivity contribution < 1.29 is 4.74 Å². The van der Waals surface area contributed by atoms with Gasteiger partial charge in [0.25, 0.3) is 0 Å². The largest absolute Gasteiger partial charge is 0.377 e. The number of nitrogens with one attached hydrogen (secondary N) is 1. The molecule has 2 fully saturated rings. The fourth-order valence-electron chi connectivity index (χ4n) is 3.04. The Hall–Kier alpha value is -0.420. The lowest BCUT2D eigenvalue weighted by atomic mass is 9.97. The molecule has 0 spiro atoms. The first kappa shape index (κ1) is 22.6. The van der Waals surface area contributed by atoms with E-state index in [2.05, 4.69) is 35.5 Å². The highest BCUT2D eigenvalue weighted by Gasteiger charge is 2.21. The van der Waals surface area contributed by atoms with Gasteiger partial charge in [0.2, 0.25) is 0 Å². The Balaban J connectivity index is 0.00000112. The highest BCUT2D eigenvalue weighted by Crippen LogP contribution is 2.14. The summed E-state index contributed by atoms with van der Waals surface area (Å²) in [5, 5.41) is 3.45. The van der Waals surface area contributed by atoms with E-state index in [0.717, 1.165) is 19.1 Å². The maximum Gasteiger partial charge on any atom is 0.0596 e. The third-order valence-corrected chi connectivity index (χ3v) is 4.30. The summed E-state index contributed by atoms with van der Waals surface area (Å²) in [5.74, 6) is 0.928. The monoisotopic (exact) mass is 327 g/mol. The number of nitrogens with zero attached hydrogens (tertiary/aromatic N) is 2. The van der Waals surface area contributed by atoms with Crippen LogP contribution in [0.1, 0.15) is 41.0 Å². The Morgan fingerprint density at radius 3 is 2.17 bits per heavy atom. The molecule has 0 bridgehead atoms. The molecule has 4 heteroatoms. The summed E-state index contributed by atoms with van der Waals surface area (Å²) >= 11 is 0. The van der Waals surface area contributed by atoms with Gasteiger partial charge in [0, 0.05) is 39.3 Å². The average molecular weight is 328 g/mol. The second kappa shape index (κ2) is 14.0. The van der Waals surface area contributed by atoms with Crippen LogP contribution in [0.2, 0.25) is 0 Å². The van der Waals surface area contributed by atoms with Gasteiger partial charge in [0.1, 0.15) is 0 Å². The van der Waals surface area contributed by atoms with Crippen LogP contribution >= 0.6 is 0 Å². The van der Waals surface area contributed by atoms with Gasteiger partial charge in [-0.3, -0.25) is 4.90 Å². The molecule has 138 valence electrons. The number of piperazine rings is 1. The molecule has 1 N–H and O–H groups in total. The number of ether oxygens (including phenoxy) is 1. The molecule has 0 radical (unpaired) electrons. The van der Waals surface area contributed by atoms with Crippen LogP contribution in [0.4, 0.5) is 0 Å². The van der Waals surface area contributed by atoms with Gasteiger partial charge < -0.3 is 15.0 Å². The van der Waals surface area contributed by atoms with Gasteiger partial charge in [-0.2, -0.15) is 0 Å². The molecule has 4 nitrogen and oxygen atoms in total. The van der Waals surface area contributed by atoms with E-state index in [1.165, 1.54) is 58.7 Å². The molecule has 0 amide bonds. The zero-order valence-corrected chi connectivity index (χ0v) is 15.0. The minimum absolute atomic E-state index is 0. The van der Waals surface area contributed by atoms with Crippen molar-refractivity contribution in [3.05, 3.63) is 12.7 Å². The van der Waals surface area contributed by atoms with Crippen molar-refractivity contribution in [1.82, 2.24) is 15.1 Å². The quantitative estimate of drug-likeness (QED) is 0.759. The molecular formula is C19H41N3O. The van der Waals surface area contributed by atoms with Gasteiger partial charge in [-0.15, -0.1) is 6.58 Å². The zero-order valence-electron chi connectivity index (χ0n) is 15.0. The third kappa shape index (κ3) is 10.9. The first-order chi connectivity index (χ1) is 10.7. The fourth-order valence-corrected chi connectivity index (χ4v) is 3.04. The van der Waals surface area contributed by atoms with Crippen molar-refractivity contribution in [2.75, 3.05) is 59.0 Å². The molecule has 2 heterocycles. The lowest BCUT2D eigenvalue weighted by Crippen LogP contribution is -2.49. The molecule has 0 aromatic rings. The molecule has 2 saturated heterocycles. The van der Waals surface area contributed by atoms with Crippen LogP contribution in [-0.4, -0.2) is 74.9 Å². The molecule has 2 aliphatic heterocycles. The van der Waals surface area contributed by atoms with E-state index in [1.807, 2.05) is 6.92 Å². The maximum atomic E-state index is 5.63. The van der Waals surface area contributed by atoms with E-state index in [4.69, 9.17) is 4.74 Å². The summed E-state index contributed by atoms with van der Waals surface area (Å²) in [6, 6.07) is 0. The minimum atomic E-state index is 0. The first-order valence-electron chi connectivity index (χ1n) is 8.99. The van der Waals surface area contributed by atoms with E-state index in [0.29, 0.717) is 6.10 Å². The van der Waals surface area contributed by atoms with Gasteiger partial charge >= 0.3 is 0 Å². The highest BCUT2D eigenvalue weighted by atomic mass is 16.5. The van der Waals surface area contributed by atoms with Gasteiger partial charge in [-0.1, -0.05) is 13.5 Å². The molecule has 0 aliphatic carbocycles. The predicted molar refractivity (Wildman–Crippen MR) is 102 cm³/mol. The van der Waals surface area contributed by atoms with Gasteiger partial charge in [0.05, 0.1) is 12.7 Å². The van der Waals surface area contributed by atoms with E-state index in [-0.39, 0.29) is 7.43 Å². The lowest BCUT2D eigenvalue weighted by molar-refractivity contribution is 0.0418. The second-order valence-electron chi connectivity index (χ2n) is 6.66. The average Bonchev–Trinajstić information content (AvgIpc) is 2.51. The van der Waals surface area contributed by atoms with Gasteiger partial charge in [-0.25, -0.2) is 0 Å². The standard InChI is InChI=1S/C15H31N3O.C3H6.CH4/c1-14(2)19-12-11-17-7-9-18(10-8-17)13-15-3-5-16-6-4-15;1-3-2;/h14-16H,3-13H2,1-2H3;3H,1H2,2H3;1H4. The van der Waals surface area contributed by atoms with Crippen molar-refractivity contribution in [2.45, 2.75) is 47.1 Å². The van der Waals surface area contributed by atoms with Crippen molar-refractivity contribution in [1.29, 1.82) is 0 Å². The highest BCUT2D eigenvalue weighted by molar-refractivity contribution is 4.77. The summed E-state index contributed by atoms with van der Waals surface area (Å²) in [7, 11) is 0. The van der Waals surface area contributed by atoms with Crippen LogP contribution in [0, 0.1) is 5.92 Å². The van der Waals surface area contributed by atoms with Crippen LogP contribution in [0.5, 0.6) is 0 Å². The normalized spacial score (nSPS) is 20.5. The van der Waals surface area contributed by atoms with Crippen molar-refractivity contribution >= 4 is 0 Å². The van der Waals surface area contributed by atoms with Crippen molar-refractivity contribution in [3.8, 4) is 0 Å². The maximum absolute atomic E-state index is 5.63. The van der Waals surface area contributed by atoms with Crippen LogP contribution < -0.4 is 5.32 Å². The van der Waals surface area contributed by atoms with Crippen LogP contribution in [-0.2, 0) is 4.74 Å².